The zero-order valence-electron chi connectivity index (χ0n) is 8.16. The molecule has 3 N–H and O–H groups in total. The van der Waals surface area contributed by atoms with E-state index in [0.717, 1.165) is 11.9 Å². The van der Waals surface area contributed by atoms with E-state index in [9.17, 15) is 13.2 Å². The molecule has 0 spiro atoms. The summed E-state index contributed by atoms with van der Waals surface area (Å²) in [4.78, 5) is 11.5. The molecule has 0 rings (SSSR count). The van der Waals surface area contributed by atoms with E-state index in [-0.39, 0.29) is 24.0 Å². The third kappa shape index (κ3) is 8.21. The zero-order valence-corrected chi connectivity index (χ0v) is 9.79. The third-order valence-electron chi connectivity index (χ3n) is 1.33. The van der Waals surface area contributed by atoms with Crippen LogP contribution in [0.4, 0.5) is 0 Å². The van der Waals surface area contributed by atoms with Gasteiger partial charge in [0.2, 0.25) is 5.96 Å². The SMILES string of the molecule is CN(CC=O)C(N)=NSCCS(=O)(=O)O. The summed E-state index contributed by atoms with van der Waals surface area (Å²) >= 11 is 0.909. The van der Waals surface area contributed by atoms with Gasteiger partial charge in [-0.05, 0) is 11.9 Å². The fourth-order valence-corrected chi connectivity index (χ4v) is 2.03. The Morgan fingerprint density at radius 1 is 1.67 bits per heavy atom. The molecule has 0 aromatic rings. The highest BCUT2D eigenvalue weighted by molar-refractivity contribution is 7.99. The third-order valence-corrected chi connectivity index (χ3v) is 3.01. The van der Waals surface area contributed by atoms with Crippen LogP contribution in [0, 0.1) is 0 Å². The van der Waals surface area contributed by atoms with Crippen molar-refractivity contribution in [1.82, 2.24) is 4.90 Å². The Morgan fingerprint density at radius 3 is 2.73 bits per heavy atom. The number of nitrogens with zero attached hydrogens (tertiary/aromatic N) is 2. The van der Waals surface area contributed by atoms with Crippen LogP contribution in [0.25, 0.3) is 0 Å². The zero-order chi connectivity index (χ0) is 11.9. The molecular formula is C6H13N3O4S2. The molecule has 0 saturated carbocycles. The maximum atomic E-state index is 10.3. The van der Waals surface area contributed by atoms with Crippen LogP contribution in [0.3, 0.4) is 0 Å². The van der Waals surface area contributed by atoms with Gasteiger partial charge in [0, 0.05) is 12.8 Å². The fraction of sp³-hybridized carbons (Fsp3) is 0.667. The lowest BCUT2D eigenvalue weighted by atomic mass is 10.6. The van der Waals surface area contributed by atoms with Crippen molar-refractivity contribution < 1.29 is 17.8 Å². The minimum Gasteiger partial charge on any atom is -0.369 e. The van der Waals surface area contributed by atoms with Crippen molar-refractivity contribution in [3.63, 3.8) is 0 Å². The normalized spacial score (nSPS) is 12.5. The summed E-state index contributed by atoms with van der Waals surface area (Å²) in [6, 6.07) is 0. The Balaban J connectivity index is 3.91. The number of nitrogens with two attached hydrogens (primary N) is 1. The van der Waals surface area contributed by atoms with E-state index in [4.69, 9.17) is 10.3 Å². The predicted molar refractivity (Wildman–Crippen MR) is 59.2 cm³/mol. The smallest absolute Gasteiger partial charge is 0.265 e. The van der Waals surface area contributed by atoms with E-state index in [1.165, 1.54) is 4.90 Å². The molecule has 0 atom stereocenters. The van der Waals surface area contributed by atoms with E-state index in [1.54, 1.807) is 7.05 Å². The van der Waals surface area contributed by atoms with E-state index in [2.05, 4.69) is 4.40 Å². The molecule has 0 aromatic heterocycles. The van der Waals surface area contributed by atoms with Crippen LogP contribution in [0.1, 0.15) is 0 Å². The highest BCUT2D eigenvalue weighted by atomic mass is 32.2. The summed E-state index contributed by atoms with van der Waals surface area (Å²) in [7, 11) is -2.37. The lowest BCUT2D eigenvalue weighted by molar-refractivity contribution is -0.108. The fourth-order valence-electron chi connectivity index (χ4n) is 0.529. The van der Waals surface area contributed by atoms with E-state index >= 15 is 0 Å². The summed E-state index contributed by atoms with van der Waals surface area (Å²) in [6.07, 6.45) is 0.672. The summed E-state index contributed by atoms with van der Waals surface area (Å²) in [5, 5.41) is 0. The van der Waals surface area contributed by atoms with Crippen molar-refractivity contribution in [3.05, 3.63) is 0 Å². The first kappa shape index (κ1) is 14.2. The Hall–Kier alpha value is -0.800. The average Bonchev–Trinajstić information content (AvgIpc) is 2.11. The molecule has 15 heavy (non-hydrogen) atoms. The van der Waals surface area contributed by atoms with Crippen LogP contribution in [-0.4, -0.2) is 55.2 Å². The van der Waals surface area contributed by atoms with Crippen molar-refractivity contribution >= 4 is 34.3 Å². The Bertz CT molecular complexity index is 327. The second kappa shape index (κ2) is 6.64. The number of aldehydes is 1. The molecule has 0 aromatic carbocycles. The molecule has 0 aliphatic carbocycles. The van der Waals surface area contributed by atoms with Crippen LogP contribution in [-0.2, 0) is 14.9 Å². The van der Waals surface area contributed by atoms with Crippen LogP contribution >= 0.6 is 11.9 Å². The first-order valence-corrected chi connectivity index (χ1v) is 6.47. The van der Waals surface area contributed by atoms with Gasteiger partial charge in [-0.25, -0.2) is 0 Å². The van der Waals surface area contributed by atoms with Gasteiger partial charge in [0.25, 0.3) is 10.1 Å². The highest BCUT2D eigenvalue weighted by Gasteiger charge is 2.04. The minimum atomic E-state index is -3.95. The van der Waals surface area contributed by atoms with Crippen molar-refractivity contribution in [3.8, 4) is 0 Å². The summed E-state index contributed by atoms with van der Waals surface area (Å²) in [5.74, 6) is -0.150. The van der Waals surface area contributed by atoms with Crippen LogP contribution in [0.2, 0.25) is 0 Å². The topological polar surface area (TPSA) is 113 Å². The first-order chi connectivity index (χ1) is 6.87. The number of hydrogen-bond acceptors (Lipinski definition) is 5. The summed E-state index contributed by atoms with van der Waals surface area (Å²) in [5.41, 5.74) is 5.44. The highest BCUT2D eigenvalue weighted by Crippen LogP contribution is 2.03. The monoisotopic (exact) mass is 255 g/mol. The molecule has 0 bridgehead atoms. The molecule has 88 valence electrons. The summed E-state index contributed by atoms with van der Waals surface area (Å²) < 4.78 is 32.8. The second-order valence-electron chi connectivity index (χ2n) is 2.62. The first-order valence-electron chi connectivity index (χ1n) is 3.92. The second-order valence-corrected chi connectivity index (χ2v) is 5.04. The Labute approximate surface area is 92.6 Å². The molecule has 7 nitrogen and oxygen atoms in total. The summed E-state index contributed by atoms with van der Waals surface area (Å²) in [6.45, 7) is 0.119. The van der Waals surface area contributed by atoms with Crippen molar-refractivity contribution in [1.29, 1.82) is 0 Å². The number of rotatable bonds is 6. The van der Waals surface area contributed by atoms with Crippen LogP contribution in [0.15, 0.2) is 4.40 Å². The van der Waals surface area contributed by atoms with Gasteiger partial charge in [-0.15, -0.1) is 0 Å². The number of carbonyl (C=O) groups is 1. The quantitative estimate of drug-likeness (QED) is 0.156. The van der Waals surface area contributed by atoms with Gasteiger partial charge in [-0.1, -0.05) is 0 Å². The average molecular weight is 255 g/mol. The van der Waals surface area contributed by atoms with Crippen molar-refractivity contribution in [2.24, 2.45) is 10.1 Å². The number of likely N-dealkylation sites (N-methyl/N-ethyl adjacent to an activating group) is 1. The molecule has 0 aliphatic rings. The van der Waals surface area contributed by atoms with E-state index < -0.39 is 10.1 Å². The van der Waals surface area contributed by atoms with E-state index in [1.807, 2.05) is 0 Å². The van der Waals surface area contributed by atoms with Gasteiger partial charge in [0.15, 0.2) is 0 Å². The van der Waals surface area contributed by atoms with Gasteiger partial charge in [-0.3, -0.25) is 4.55 Å². The number of carbonyl (C=O) groups excluding carboxylic acids is 1. The van der Waals surface area contributed by atoms with E-state index in [0.29, 0.717) is 6.29 Å². The molecule has 0 saturated heterocycles. The predicted octanol–water partition coefficient (Wildman–Crippen LogP) is -1.03. The molecule has 0 amide bonds. The van der Waals surface area contributed by atoms with Crippen LogP contribution in [0.5, 0.6) is 0 Å². The molecule has 0 aliphatic heterocycles. The lowest BCUT2D eigenvalue weighted by Gasteiger charge is -2.13. The Morgan fingerprint density at radius 2 is 2.27 bits per heavy atom. The maximum absolute atomic E-state index is 10.3. The largest absolute Gasteiger partial charge is 0.369 e. The van der Waals surface area contributed by atoms with Gasteiger partial charge < -0.3 is 15.4 Å². The van der Waals surface area contributed by atoms with Gasteiger partial charge in [-0.2, -0.15) is 12.8 Å². The van der Waals surface area contributed by atoms with Crippen LogP contribution < -0.4 is 5.73 Å². The van der Waals surface area contributed by atoms with Gasteiger partial charge >= 0.3 is 0 Å². The molecule has 0 fully saturated rings. The maximum Gasteiger partial charge on any atom is 0.265 e. The molecular weight excluding hydrogens is 242 g/mol. The van der Waals surface area contributed by atoms with Gasteiger partial charge in [0.1, 0.15) is 6.29 Å². The van der Waals surface area contributed by atoms with Crippen molar-refractivity contribution in [2.75, 3.05) is 25.1 Å². The molecule has 9 heteroatoms. The number of hydrogen-bond donors (Lipinski definition) is 2. The standard InChI is InChI=1S/C6H13N3O4S2/c1-9(2-3-10)6(7)8-14-4-5-15(11,12)13/h3H,2,4-5H2,1H3,(H2,7,8)(H,11,12,13). The molecule has 0 unspecified atom stereocenters. The van der Waals surface area contributed by atoms with Crippen molar-refractivity contribution in [2.45, 2.75) is 0 Å². The number of guanidine groups is 1. The molecule has 0 radical (unpaired) electrons. The Kier molecular flexibility index (Phi) is 6.29. The lowest BCUT2D eigenvalue weighted by Crippen LogP contribution is -2.34. The van der Waals surface area contributed by atoms with Gasteiger partial charge in [0.05, 0.1) is 12.3 Å². The minimum absolute atomic E-state index is 0.106. The molecule has 0 heterocycles.